The first-order chi connectivity index (χ1) is 4.74. The van der Waals surface area contributed by atoms with Crippen LogP contribution in [0.2, 0.25) is 0 Å². The van der Waals surface area contributed by atoms with Gasteiger partial charge in [-0.2, -0.15) is 0 Å². The average Bonchev–Trinajstić information content (AvgIpc) is 2.34. The van der Waals surface area contributed by atoms with Crippen LogP contribution in [0.5, 0.6) is 0 Å². The number of oxazole rings is 1. The van der Waals surface area contributed by atoms with Gasteiger partial charge in [-0.25, -0.2) is 4.98 Å². The van der Waals surface area contributed by atoms with Gasteiger partial charge >= 0.3 is 0 Å². The van der Waals surface area contributed by atoms with Gasteiger partial charge < -0.3 is 10.2 Å². The highest BCUT2D eigenvalue weighted by Gasteiger charge is 2.05. The monoisotopic (exact) mass is 158 g/mol. The first-order valence-corrected chi connectivity index (χ1v) is 4.22. The summed E-state index contributed by atoms with van der Waals surface area (Å²) in [7, 11) is 0. The Morgan fingerprint density at radius 3 is 2.80 bits per heavy atom. The van der Waals surface area contributed by atoms with Crippen LogP contribution in [0.1, 0.15) is 18.7 Å². The maximum absolute atomic E-state index is 5.54. The molecule has 0 radical (unpaired) electrons. The molecule has 1 rings (SSSR count). The number of rotatable bonds is 2. The maximum atomic E-state index is 5.54. The summed E-state index contributed by atoms with van der Waals surface area (Å²) >= 11 is 1.47. The van der Waals surface area contributed by atoms with E-state index >= 15 is 0 Å². The van der Waals surface area contributed by atoms with Gasteiger partial charge in [0.15, 0.2) is 0 Å². The van der Waals surface area contributed by atoms with E-state index in [0.717, 1.165) is 5.76 Å². The Kier molecular flexibility index (Phi) is 2.34. The van der Waals surface area contributed by atoms with Gasteiger partial charge in [-0.3, -0.25) is 0 Å². The summed E-state index contributed by atoms with van der Waals surface area (Å²) < 4.78 is 5.22. The summed E-state index contributed by atoms with van der Waals surface area (Å²) in [5, 5.41) is 0.673. The standard InChI is InChI=1S/C6H10N2OS/c1-4(7)5-3-8-6(9-5)10-2/h3-4H,7H2,1-2H3. The average molecular weight is 158 g/mol. The Balaban J connectivity index is 2.78. The lowest BCUT2D eigenvalue weighted by Gasteiger charge is -1.95. The lowest BCUT2D eigenvalue weighted by atomic mass is 10.3. The number of hydrogen-bond acceptors (Lipinski definition) is 4. The van der Waals surface area contributed by atoms with Crippen LogP contribution in [0.3, 0.4) is 0 Å². The first kappa shape index (κ1) is 7.63. The normalized spacial score (nSPS) is 13.5. The molecule has 0 aliphatic heterocycles. The predicted molar refractivity (Wildman–Crippen MR) is 40.9 cm³/mol. The van der Waals surface area contributed by atoms with Gasteiger partial charge in [-0.05, 0) is 13.2 Å². The Bertz CT molecular complexity index is 209. The van der Waals surface area contributed by atoms with E-state index in [4.69, 9.17) is 10.2 Å². The summed E-state index contributed by atoms with van der Waals surface area (Å²) in [4.78, 5) is 3.97. The van der Waals surface area contributed by atoms with E-state index in [9.17, 15) is 0 Å². The van der Waals surface area contributed by atoms with Crippen molar-refractivity contribution in [1.29, 1.82) is 0 Å². The van der Waals surface area contributed by atoms with Crippen LogP contribution < -0.4 is 5.73 Å². The van der Waals surface area contributed by atoms with Crippen LogP contribution in [0, 0.1) is 0 Å². The fourth-order valence-electron chi connectivity index (χ4n) is 0.575. The highest BCUT2D eigenvalue weighted by Crippen LogP contribution is 2.17. The fourth-order valence-corrected chi connectivity index (χ4v) is 0.912. The zero-order chi connectivity index (χ0) is 7.56. The molecule has 3 nitrogen and oxygen atoms in total. The van der Waals surface area contributed by atoms with E-state index in [2.05, 4.69) is 4.98 Å². The number of aromatic nitrogens is 1. The van der Waals surface area contributed by atoms with E-state index in [1.807, 2.05) is 13.2 Å². The van der Waals surface area contributed by atoms with Gasteiger partial charge in [0.2, 0.25) is 0 Å². The van der Waals surface area contributed by atoms with Crippen molar-refractivity contribution in [3.63, 3.8) is 0 Å². The maximum Gasteiger partial charge on any atom is 0.255 e. The first-order valence-electron chi connectivity index (χ1n) is 2.99. The largest absolute Gasteiger partial charge is 0.435 e. The molecule has 0 aliphatic rings. The Labute approximate surface area is 64.0 Å². The molecule has 0 saturated carbocycles. The second-order valence-corrected chi connectivity index (χ2v) is 2.78. The van der Waals surface area contributed by atoms with Crippen molar-refractivity contribution in [2.75, 3.05) is 6.26 Å². The van der Waals surface area contributed by atoms with Gasteiger partial charge in [0.25, 0.3) is 5.22 Å². The molecule has 0 bridgehead atoms. The molecule has 1 aromatic rings. The molecular formula is C6H10N2OS. The quantitative estimate of drug-likeness (QED) is 0.661. The number of nitrogens with zero attached hydrogens (tertiary/aromatic N) is 1. The van der Waals surface area contributed by atoms with Gasteiger partial charge in [-0.1, -0.05) is 11.8 Å². The topological polar surface area (TPSA) is 52.0 Å². The molecule has 1 unspecified atom stereocenters. The van der Waals surface area contributed by atoms with E-state index in [1.165, 1.54) is 11.8 Å². The molecule has 0 fully saturated rings. The van der Waals surface area contributed by atoms with Crippen LogP contribution in [0.25, 0.3) is 0 Å². The minimum atomic E-state index is -0.0617. The van der Waals surface area contributed by atoms with Crippen LogP contribution in [-0.4, -0.2) is 11.2 Å². The summed E-state index contributed by atoms with van der Waals surface area (Å²) in [6, 6.07) is -0.0617. The Morgan fingerprint density at radius 1 is 1.80 bits per heavy atom. The molecule has 1 heterocycles. The van der Waals surface area contributed by atoms with Crippen molar-refractivity contribution in [1.82, 2.24) is 4.98 Å². The SMILES string of the molecule is CSc1ncc(C(C)N)o1. The minimum absolute atomic E-state index is 0.0617. The van der Waals surface area contributed by atoms with Crippen molar-refractivity contribution < 1.29 is 4.42 Å². The molecule has 0 amide bonds. The fraction of sp³-hybridized carbons (Fsp3) is 0.500. The van der Waals surface area contributed by atoms with Crippen molar-refractivity contribution in [3.8, 4) is 0 Å². The molecule has 1 atom stereocenters. The zero-order valence-corrected chi connectivity index (χ0v) is 6.81. The van der Waals surface area contributed by atoms with Crippen molar-refractivity contribution in [3.05, 3.63) is 12.0 Å². The molecule has 0 spiro atoms. The number of thioether (sulfide) groups is 1. The number of nitrogens with two attached hydrogens (primary N) is 1. The van der Waals surface area contributed by atoms with Gasteiger partial charge in [0.05, 0.1) is 12.2 Å². The summed E-state index contributed by atoms with van der Waals surface area (Å²) in [6.45, 7) is 1.87. The summed E-state index contributed by atoms with van der Waals surface area (Å²) in [5.74, 6) is 0.740. The lowest BCUT2D eigenvalue weighted by molar-refractivity contribution is 0.399. The third-order valence-corrected chi connectivity index (χ3v) is 1.66. The third-order valence-electron chi connectivity index (χ3n) is 1.13. The summed E-state index contributed by atoms with van der Waals surface area (Å²) in [5.41, 5.74) is 5.54. The van der Waals surface area contributed by atoms with E-state index in [0.29, 0.717) is 5.22 Å². The van der Waals surface area contributed by atoms with Crippen molar-refractivity contribution in [2.45, 2.75) is 18.2 Å². The molecule has 1 aromatic heterocycles. The van der Waals surface area contributed by atoms with Crippen LogP contribution >= 0.6 is 11.8 Å². The minimum Gasteiger partial charge on any atom is -0.435 e. The summed E-state index contributed by atoms with van der Waals surface area (Å²) in [6.07, 6.45) is 3.58. The molecule has 0 saturated heterocycles. The lowest BCUT2D eigenvalue weighted by Crippen LogP contribution is -2.02. The van der Waals surface area contributed by atoms with E-state index < -0.39 is 0 Å². The molecule has 2 N–H and O–H groups in total. The van der Waals surface area contributed by atoms with E-state index in [-0.39, 0.29) is 6.04 Å². The van der Waals surface area contributed by atoms with Gasteiger partial charge in [0, 0.05) is 0 Å². The van der Waals surface area contributed by atoms with E-state index in [1.54, 1.807) is 6.20 Å². The van der Waals surface area contributed by atoms with Gasteiger partial charge in [-0.15, -0.1) is 0 Å². The predicted octanol–water partition coefficient (Wildman–Crippen LogP) is 1.42. The smallest absolute Gasteiger partial charge is 0.255 e. The van der Waals surface area contributed by atoms with Crippen molar-refractivity contribution in [2.24, 2.45) is 5.73 Å². The number of hydrogen-bond donors (Lipinski definition) is 1. The third kappa shape index (κ3) is 1.52. The molecule has 56 valence electrons. The highest BCUT2D eigenvalue weighted by molar-refractivity contribution is 7.98. The van der Waals surface area contributed by atoms with Crippen LogP contribution in [-0.2, 0) is 0 Å². The molecular weight excluding hydrogens is 148 g/mol. The Hall–Kier alpha value is -0.480. The molecule has 10 heavy (non-hydrogen) atoms. The molecule has 0 aromatic carbocycles. The molecule has 0 aliphatic carbocycles. The van der Waals surface area contributed by atoms with Crippen LogP contribution in [0.15, 0.2) is 15.8 Å². The Morgan fingerprint density at radius 2 is 2.50 bits per heavy atom. The van der Waals surface area contributed by atoms with Crippen LogP contribution in [0.4, 0.5) is 0 Å². The van der Waals surface area contributed by atoms with Gasteiger partial charge in [0.1, 0.15) is 5.76 Å². The second-order valence-electron chi connectivity index (χ2n) is 2.02. The molecule has 4 heteroatoms. The highest BCUT2D eigenvalue weighted by atomic mass is 32.2. The second kappa shape index (κ2) is 3.07. The zero-order valence-electron chi connectivity index (χ0n) is 6.00. The van der Waals surface area contributed by atoms with Crippen molar-refractivity contribution >= 4 is 11.8 Å².